The van der Waals surface area contributed by atoms with Gasteiger partial charge in [-0.2, -0.15) is 0 Å². The maximum atomic E-state index is 16.7. The second-order valence-corrected chi connectivity index (χ2v) is 18.5. The predicted octanol–water partition coefficient (Wildman–Crippen LogP) is 3.21. The molecule has 0 bridgehead atoms. The number of benzene rings is 1. The van der Waals surface area contributed by atoms with Gasteiger partial charge in [0.05, 0.1) is 41.7 Å². The van der Waals surface area contributed by atoms with Gasteiger partial charge in [-0.3, -0.25) is 14.6 Å². The average Bonchev–Trinajstić information content (AvgIpc) is 3.55. The molecule has 1 amide bonds. The van der Waals surface area contributed by atoms with Crippen LogP contribution in [-0.2, 0) is 53.8 Å². The number of aromatic nitrogens is 1. The van der Waals surface area contributed by atoms with Crippen molar-refractivity contribution in [3.8, 4) is 0 Å². The van der Waals surface area contributed by atoms with Crippen molar-refractivity contribution in [2.75, 3.05) is 20.7 Å². The van der Waals surface area contributed by atoms with E-state index in [4.69, 9.17) is 28.8 Å². The maximum absolute atomic E-state index is 16.7. The van der Waals surface area contributed by atoms with Crippen molar-refractivity contribution in [1.29, 1.82) is 0 Å². The van der Waals surface area contributed by atoms with E-state index < -0.39 is 106 Å². The molecule has 18 heteroatoms. The van der Waals surface area contributed by atoms with Crippen molar-refractivity contribution < 1.29 is 60.8 Å². The molecule has 5 rings (SSSR count). The first-order valence-corrected chi connectivity index (χ1v) is 21.4. The third kappa shape index (κ3) is 10.5. The molecule has 2 aromatic rings. The summed E-state index contributed by atoms with van der Waals surface area (Å²) in [4.78, 5) is 60.7. The number of aliphatic hydroxyl groups is 1. The van der Waals surface area contributed by atoms with Gasteiger partial charge in [0.1, 0.15) is 18.0 Å². The molecule has 3 saturated heterocycles. The van der Waals surface area contributed by atoms with Crippen LogP contribution in [0.5, 0.6) is 0 Å². The van der Waals surface area contributed by atoms with Gasteiger partial charge in [0.15, 0.2) is 18.2 Å². The van der Waals surface area contributed by atoms with E-state index in [1.807, 2.05) is 4.90 Å². The Morgan fingerprint density at radius 1 is 1.07 bits per heavy atom. The number of carbonyl (C=O) groups excluding carboxylic acids is 4. The number of amides is 1. The molecule has 16 nitrogen and oxygen atoms in total. The van der Waals surface area contributed by atoms with E-state index >= 15 is 4.39 Å². The van der Waals surface area contributed by atoms with Gasteiger partial charge in [-0.25, -0.2) is 27.5 Å². The standard InChI is InChI=1S/C41H57FN4O12S/c1-21-18-40(6,54-14-10-11-26-16-28-17-27(20-59(43,52)53)12-13-29(28)44-19-26)36(58-37-33(48)30(46(8)9)15-22(2)55-37)24(4)35(49)41(7,42)38(50)56-25(5)34-31(23(3)32(21)47)45-39(51)57-34/h10-13,16-17,19,21-25,30-31,33-34,36-37,48H,14-15,18,20H2,1-9H3,(H,45,51)(H2,43,52,53)/b11-10+/t21-,22-,23-,24+,25+,30+,31?,33-,34?,36-,37+,40+,41?/m1/s1. The predicted molar refractivity (Wildman–Crippen MR) is 214 cm³/mol. The molecule has 13 atom stereocenters. The normalized spacial score (nSPS) is 36.6. The summed E-state index contributed by atoms with van der Waals surface area (Å²) in [7, 11) is -0.173. The van der Waals surface area contributed by atoms with Crippen LogP contribution in [-0.4, -0.2) is 128 Å². The molecule has 1 aromatic heterocycles. The third-order valence-corrected chi connectivity index (χ3v) is 12.4. The summed E-state index contributed by atoms with van der Waals surface area (Å²) >= 11 is 0. The number of nitrogens with two attached hydrogens (primary N) is 1. The summed E-state index contributed by atoms with van der Waals surface area (Å²) in [6, 6.07) is 5.44. The number of esters is 1. The molecule has 0 spiro atoms. The number of cyclic esters (lactones) is 1. The lowest BCUT2D eigenvalue weighted by atomic mass is 9.75. The number of alkyl halides is 1. The van der Waals surface area contributed by atoms with Crippen LogP contribution in [0.2, 0.25) is 0 Å². The molecule has 3 fully saturated rings. The second kappa shape index (κ2) is 18.0. The molecule has 3 aliphatic rings. The lowest BCUT2D eigenvalue weighted by Gasteiger charge is -2.47. The van der Waals surface area contributed by atoms with Gasteiger partial charge in [-0.1, -0.05) is 39.0 Å². The minimum Gasteiger partial charge on any atom is -0.456 e. The van der Waals surface area contributed by atoms with E-state index in [9.17, 15) is 32.7 Å². The van der Waals surface area contributed by atoms with Crippen LogP contribution in [0.15, 0.2) is 36.5 Å². The van der Waals surface area contributed by atoms with Crippen molar-refractivity contribution >= 4 is 50.6 Å². The molecule has 1 aromatic carbocycles. The van der Waals surface area contributed by atoms with Crippen LogP contribution < -0.4 is 10.5 Å². The molecule has 3 unspecified atom stereocenters. The van der Waals surface area contributed by atoms with Gasteiger partial charge in [0.2, 0.25) is 10.0 Å². The number of ether oxygens (including phenoxy) is 5. The summed E-state index contributed by atoms with van der Waals surface area (Å²) in [6.07, 6.45) is -2.27. The molecular weight excluding hydrogens is 792 g/mol. The van der Waals surface area contributed by atoms with Crippen molar-refractivity contribution in [1.82, 2.24) is 15.2 Å². The van der Waals surface area contributed by atoms with Crippen molar-refractivity contribution in [2.24, 2.45) is 22.9 Å². The topological polar surface area (TPSA) is 223 Å². The first-order chi connectivity index (χ1) is 27.4. The number of nitrogens with one attached hydrogen (secondary N) is 1. The number of halogens is 1. The van der Waals surface area contributed by atoms with Gasteiger partial charge in [0, 0.05) is 35.4 Å². The second-order valence-electron chi connectivity index (χ2n) is 16.9. The fourth-order valence-corrected chi connectivity index (χ4v) is 9.12. The van der Waals surface area contributed by atoms with Crippen molar-refractivity contribution in [3.05, 3.63) is 47.7 Å². The third-order valence-electron chi connectivity index (χ3n) is 11.6. The Morgan fingerprint density at radius 2 is 1.76 bits per heavy atom. The fraction of sp³-hybridized carbons (Fsp3) is 0.634. The highest BCUT2D eigenvalue weighted by Gasteiger charge is 2.56. The fourth-order valence-electron chi connectivity index (χ4n) is 8.47. The first kappa shape index (κ1) is 46.2. The highest BCUT2D eigenvalue weighted by Crippen LogP contribution is 2.39. The summed E-state index contributed by atoms with van der Waals surface area (Å²) in [6.45, 7) is 10.1. The van der Waals surface area contributed by atoms with E-state index in [0.29, 0.717) is 28.5 Å². The molecule has 0 saturated carbocycles. The zero-order valence-electron chi connectivity index (χ0n) is 34.9. The molecule has 0 aliphatic carbocycles. The highest BCUT2D eigenvalue weighted by molar-refractivity contribution is 7.88. The van der Waals surface area contributed by atoms with Gasteiger partial charge in [-0.15, -0.1) is 0 Å². The Labute approximate surface area is 344 Å². The summed E-state index contributed by atoms with van der Waals surface area (Å²) < 4.78 is 70.1. The Bertz CT molecular complexity index is 2050. The van der Waals surface area contributed by atoms with Crippen LogP contribution in [0.1, 0.15) is 72.4 Å². The number of sulfonamides is 1. The van der Waals surface area contributed by atoms with E-state index in [-0.39, 0.29) is 24.6 Å². The monoisotopic (exact) mass is 848 g/mol. The van der Waals surface area contributed by atoms with Gasteiger partial charge < -0.3 is 39.0 Å². The van der Waals surface area contributed by atoms with Gasteiger partial charge >= 0.3 is 12.1 Å². The lowest BCUT2D eigenvalue weighted by Crippen LogP contribution is -2.60. The Morgan fingerprint density at radius 3 is 2.42 bits per heavy atom. The number of ketones is 2. The minimum absolute atomic E-state index is 0.0959. The molecule has 4 heterocycles. The number of likely N-dealkylation sites (N-methyl/N-ethyl adjacent to an activating group) is 1. The summed E-state index contributed by atoms with van der Waals surface area (Å²) in [5.74, 6) is -6.52. The van der Waals surface area contributed by atoms with Crippen molar-refractivity contribution in [2.45, 2.75) is 127 Å². The van der Waals surface area contributed by atoms with E-state index in [0.717, 1.165) is 6.92 Å². The zero-order chi connectivity index (χ0) is 43.8. The number of nitrogens with zero attached hydrogens (tertiary/aromatic N) is 2. The van der Waals surface area contributed by atoms with E-state index in [1.54, 1.807) is 84.4 Å². The highest BCUT2D eigenvalue weighted by atomic mass is 32.2. The number of fused-ring (bicyclic) bond motifs is 2. The SMILES string of the molecule is C[C@@H]1C[C@H](N(C)C)[C@@H](O)[C@H](O[C@@H]2[C@@H](C)C(=O)C(C)(F)C(=O)O[C@@H](C)C3OC(=O)NC3[C@@H](C)C(=O)[C@H](C)C[C@]2(C)OC/C=C/c2cnc3ccc(CS(N)(=O)=O)cc3c2)O1. The number of hydrogen-bond acceptors (Lipinski definition) is 14. The molecular formula is C41H57FN4O12S. The zero-order valence-corrected chi connectivity index (χ0v) is 35.7. The van der Waals surface area contributed by atoms with E-state index in [1.165, 1.54) is 13.8 Å². The number of hydrogen-bond donors (Lipinski definition) is 3. The summed E-state index contributed by atoms with van der Waals surface area (Å²) in [5, 5.41) is 20.1. The Balaban J connectivity index is 1.55. The number of primary sulfonamides is 1. The van der Waals surface area contributed by atoms with Crippen LogP contribution in [0.4, 0.5) is 9.18 Å². The number of rotatable bonds is 9. The first-order valence-electron chi connectivity index (χ1n) is 19.7. The van der Waals surface area contributed by atoms with Crippen LogP contribution in [0.25, 0.3) is 17.0 Å². The number of pyridine rings is 1. The molecule has 3 aliphatic heterocycles. The minimum atomic E-state index is -3.76. The Kier molecular flexibility index (Phi) is 14.1. The lowest BCUT2D eigenvalue weighted by molar-refractivity contribution is -0.297. The van der Waals surface area contributed by atoms with Crippen LogP contribution in [0.3, 0.4) is 0 Å². The number of carbonyl (C=O) groups is 4. The molecule has 326 valence electrons. The molecule has 0 radical (unpaired) electrons. The van der Waals surface area contributed by atoms with Crippen LogP contribution in [0, 0.1) is 17.8 Å². The molecule has 4 N–H and O–H groups in total. The Hall–Kier alpha value is -3.91. The largest absolute Gasteiger partial charge is 0.456 e. The number of aliphatic hydroxyl groups excluding tert-OH is 1. The molecule has 59 heavy (non-hydrogen) atoms. The summed E-state index contributed by atoms with van der Waals surface area (Å²) in [5.41, 5.74) is -3.08. The smallest absolute Gasteiger partial charge is 0.407 e. The number of Topliss-reactive ketones (excluding diaryl/α,β-unsaturated/α-hetero) is 2. The quantitative estimate of drug-likeness (QED) is 0.244. The maximum Gasteiger partial charge on any atom is 0.407 e. The average molecular weight is 849 g/mol. The van der Waals surface area contributed by atoms with Gasteiger partial charge in [-0.05, 0) is 84.0 Å². The van der Waals surface area contributed by atoms with Crippen LogP contribution >= 0.6 is 0 Å². The van der Waals surface area contributed by atoms with Crippen molar-refractivity contribution in [3.63, 3.8) is 0 Å². The number of alkyl carbamates (subject to hydrolysis) is 1. The van der Waals surface area contributed by atoms with E-state index in [2.05, 4.69) is 10.3 Å². The van der Waals surface area contributed by atoms with Gasteiger partial charge in [0.25, 0.3) is 5.67 Å².